The maximum atomic E-state index is 13.0. The average molecular weight is 352 g/mol. The Labute approximate surface area is 156 Å². The number of carbonyl (C=O) groups excluding carboxylic acids is 2. The van der Waals surface area contributed by atoms with Gasteiger partial charge in [0.25, 0.3) is 11.8 Å². The van der Waals surface area contributed by atoms with Crippen LogP contribution in [0, 0.1) is 13.8 Å². The van der Waals surface area contributed by atoms with Gasteiger partial charge >= 0.3 is 0 Å². The minimum Gasteiger partial charge on any atom is -0.330 e. The first-order chi connectivity index (χ1) is 12.5. The molecule has 0 atom stereocenters. The Morgan fingerprint density at radius 2 is 1.31 bits per heavy atom. The second-order valence-electron chi connectivity index (χ2n) is 6.70. The van der Waals surface area contributed by atoms with E-state index in [4.69, 9.17) is 5.73 Å². The van der Waals surface area contributed by atoms with E-state index in [-0.39, 0.29) is 11.8 Å². The van der Waals surface area contributed by atoms with Gasteiger partial charge in [-0.2, -0.15) is 0 Å². The Balaban J connectivity index is 2.20. The quantitative estimate of drug-likeness (QED) is 0.574. The number of benzene rings is 2. The number of aryl methyl sites for hydroxylation is 2. The van der Waals surface area contributed by atoms with E-state index in [0.29, 0.717) is 24.2 Å². The predicted octanol–water partition coefficient (Wildman–Crippen LogP) is 4.11. The van der Waals surface area contributed by atoms with Crippen molar-refractivity contribution in [3.05, 3.63) is 70.8 Å². The molecule has 0 aliphatic heterocycles. The van der Waals surface area contributed by atoms with Crippen LogP contribution in [0.15, 0.2) is 48.5 Å². The average Bonchev–Trinajstić information content (AvgIpc) is 2.64. The first kappa shape index (κ1) is 19.9. The van der Waals surface area contributed by atoms with Crippen LogP contribution in [0.2, 0.25) is 0 Å². The van der Waals surface area contributed by atoms with Crippen LogP contribution in [0.3, 0.4) is 0 Å². The molecule has 4 nitrogen and oxygen atoms in total. The van der Waals surface area contributed by atoms with Gasteiger partial charge in [-0.05, 0) is 57.5 Å². The monoisotopic (exact) mass is 352 g/mol. The van der Waals surface area contributed by atoms with E-state index in [9.17, 15) is 9.59 Å². The number of nitrogens with two attached hydrogens (primary N) is 1. The number of hydrogen-bond donors (Lipinski definition) is 1. The number of unbranched alkanes of at least 4 members (excludes halogenated alkanes) is 3. The van der Waals surface area contributed by atoms with Gasteiger partial charge in [-0.3, -0.25) is 14.5 Å². The van der Waals surface area contributed by atoms with Gasteiger partial charge in [0.1, 0.15) is 0 Å². The Bertz CT molecular complexity index is 698. The number of carbonyl (C=O) groups is 2. The lowest BCUT2D eigenvalue weighted by molar-refractivity contribution is 0.0613. The molecule has 0 saturated carbocycles. The molecule has 0 heterocycles. The van der Waals surface area contributed by atoms with Crippen LogP contribution in [0.1, 0.15) is 57.5 Å². The lowest BCUT2D eigenvalue weighted by Crippen LogP contribution is -2.37. The first-order valence-corrected chi connectivity index (χ1v) is 9.22. The summed E-state index contributed by atoms with van der Waals surface area (Å²) >= 11 is 0. The van der Waals surface area contributed by atoms with Gasteiger partial charge in [-0.15, -0.1) is 0 Å². The zero-order valence-electron chi connectivity index (χ0n) is 15.7. The number of amides is 2. The van der Waals surface area contributed by atoms with Gasteiger partial charge in [0, 0.05) is 17.7 Å². The van der Waals surface area contributed by atoms with Crippen molar-refractivity contribution in [1.29, 1.82) is 0 Å². The van der Waals surface area contributed by atoms with Crippen LogP contribution in [-0.2, 0) is 0 Å². The van der Waals surface area contributed by atoms with Crippen molar-refractivity contribution >= 4 is 11.8 Å². The highest BCUT2D eigenvalue weighted by molar-refractivity contribution is 6.10. The molecule has 0 bridgehead atoms. The van der Waals surface area contributed by atoms with E-state index >= 15 is 0 Å². The van der Waals surface area contributed by atoms with E-state index in [1.165, 1.54) is 4.90 Å². The van der Waals surface area contributed by atoms with Gasteiger partial charge in [0.05, 0.1) is 0 Å². The summed E-state index contributed by atoms with van der Waals surface area (Å²) in [6.07, 6.45) is 3.73. The third-order valence-corrected chi connectivity index (χ3v) is 4.36. The molecule has 138 valence electrons. The molecule has 0 aliphatic rings. The van der Waals surface area contributed by atoms with Crippen molar-refractivity contribution in [3.63, 3.8) is 0 Å². The van der Waals surface area contributed by atoms with Crippen molar-refractivity contribution in [3.8, 4) is 0 Å². The minimum absolute atomic E-state index is 0.237. The fourth-order valence-electron chi connectivity index (χ4n) is 2.93. The normalized spacial score (nSPS) is 10.6. The van der Waals surface area contributed by atoms with Gasteiger partial charge in [0.15, 0.2) is 0 Å². The van der Waals surface area contributed by atoms with Crippen LogP contribution in [0.25, 0.3) is 0 Å². The molecule has 2 amide bonds. The molecule has 2 N–H and O–H groups in total. The third kappa shape index (κ3) is 5.53. The van der Waals surface area contributed by atoms with Crippen LogP contribution in [0.5, 0.6) is 0 Å². The zero-order valence-corrected chi connectivity index (χ0v) is 15.7. The maximum absolute atomic E-state index is 13.0. The minimum atomic E-state index is -0.237. The number of rotatable bonds is 8. The second-order valence-corrected chi connectivity index (χ2v) is 6.70. The molecule has 0 unspecified atom stereocenters. The summed E-state index contributed by atoms with van der Waals surface area (Å²) in [5.41, 5.74) is 8.63. The van der Waals surface area contributed by atoms with Crippen LogP contribution in [0.4, 0.5) is 0 Å². The van der Waals surface area contributed by atoms with Gasteiger partial charge in [0.2, 0.25) is 0 Å². The fraction of sp³-hybridized carbons (Fsp3) is 0.364. The summed E-state index contributed by atoms with van der Waals surface area (Å²) in [5.74, 6) is -0.474. The second kappa shape index (κ2) is 9.88. The summed E-state index contributed by atoms with van der Waals surface area (Å²) in [4.78, 5) is 27.4. The number of nitrogens with zero attached hydrogens (tertiary/aromatic N) is 1. The summed E-state index contributed by atoms with van der Waals surface area (Å²) in [7, 11) is 0. The van der Waals surface area contributed by atoms with Crippen molar-refractivity contribution < 1.29 is 9.59 Å². The highest BCUT2D eigenvalue weighted by Crippen LogP contribution is 2.14. The topological polar surface area (TPSA) is 63.4 Å². The van der Waals surface area contributed by atoms with Crippen molar-refractivity contribution in [1.82, 2.24) is 4.90 Å². The van der Waals surface area contributed by atoms with Crippen LogP contribution < -0.4 is 5.73 Å². The Morgan fingerprint density at radius 1 is 0.808 bits per heavy atom. The smallest absolute Gasteiger partial charge is 0.260 e. The van der Waals surface area contributed by atoms with E-state index in [2.05, 4.69) is 0 Å². The van der Waals surface area contributed by atoms with E-state index in [0.717, 1.165) is 36.8 Å². The predicted molar refractivity (Wildman–Crippen MR) is 105 cm³/mol. The summed E-state index contributed by atoms with van der Waals surface area (Å²) in [5, 5.41) is 0. The first-order valence-electron chi connectivity index (χ1n) is 9.22. The zero-order chi connectivity index (χ0) is 18.9. The Hall–Kier alpha value is -2.46. The molecular weight excluding hydrogens is 324 g/mol. The molecule has 2 rings (SSSR count). The lowest BCUT2D eigenvalue weighted by atomic mass is 10.1. The van der Waals surface area contributed by atoms with Gasteiger partial charge in [-0.1, -0.05) is 48.2 Å². The number of hydrogen-bond acceptors (Lipinski definition) is 3. The highest BCUT2D eigenvalue weighted by Gasteiger charge is 2.23. The molecule has 0 aromatic heterocycles. The summed E-state index contributed by atoms with van der Waals surface area (Å²) in [6.45, 7) is 4.98. The number of imide groups is 1. The van der Waals surface area contributed by atoms with Gasteiger partial charge in [-0.25, -0.2) is 0 Å². The molecule has 0 radical (unpaired) electrons. The Kier molecular flexibility index (Phi) is 7.54. The van der Waals surface area contributed by atoms with Crippen molar-refractivity contribution in [2.45, 2.75) is 39.5 Å². The molecule has 0 spiro atoms. The lowest BCUT2D eigenvalue weighted by Gasteiger charge is -2.21. The summed E-state index contributed by atoms with van der Waals surface area (Å²) in [6, 6.07) is 14.8. The van der Waals surface area contributed by atoms with E-state index < -0.39 is 0 Å². The van der Waals surface area contributed by atoms with Crippen LogP contribution >= 0.6 is 0 Å². The molecule has 26 heavy (non-hydrogen) atoms. The molecule has 4 heteroatoms. The SMILES string of the molecule is Cc1cccc(C(=O)N(CCCCCCN)C(=O)c2cccc(C)c2)c1. The largest absolute Gasteiger partial charge is 0.330 e. The molecular formula is C22H28N2O2. The molecule has 0 saturated heterocycles. The van der Waals surface area contributed by atoms with E-state index in [1.54, 1.807) is 12.1 Å². The fourth-order valence-corrected chi connectivity index (χ4v) is 2.93. The molecule has 0 aliphatic carbocycles. The standard InChI is InChI=1S/C22H28N2O2/c1-17-9-7-11-19(15-17)21(25)24(14-6-4-3-5-13-23)22(26)20-12-8-10-18(2)16-20/h7-12,15-16H,3-6,13-14,23H2,1-2H3. The van der Waals surface area contributed by atoms with Crippen LogP contribution in [-0.4, -0.2) is 29.8 Å². The van der Waals surface area contributed by atoms with Crippen molar-refractivity contribution in [2.24, 2.45) is 5.73 Å². The highest BCUT2D eigenvalue weighted by atomic mass is 16.2. The third-order valence-electron chi connectivity index (χ3n) is 4.36. The molecule has 2 aromatic rings. The maximum Gasteiger partial charge on any atom is 0.260 e. The van der Waals surface area contributed by atoms with E-state index in [1.807, 2.05) is 50.2 Å². The molecule has 2 aromatic carbocycles. The van der Waals surface area contributed by atoms with Crippen molar-refractivity contribution in [2.75, 3.05) is 13.1 Å². The summed E-state index contributed by atoms with van der Waals surface area (Å²) < 4.78 is 0. The van der Waals surface area contributed by atoms with Gasteiger partial charge < -0.3 is 5.73 Å². The Morgan fingerprint density at radius 3 is 1.77 bits per heavy atom. The molecule has 0 fully saturated rings.